The molecule has 0 aliphatic heterocycles. The number of hydrogen-bond donors (Lipinski definition) is 1. The number of amides is 1. The first kappa shape index (κ1) is 20.6. The van der Waals surface area contributed by atoms with Crippen LogP contribution in [0.25, 0.3) is 6.08 Å². The Labute approximate surface area is 170 Å². The maximum absolute atomic E-state index is 12.5. The van der Waals surface area contributed by atoms with E-state index in [1.54, 1.807) is 10.8 Å². The molecular formula is C20H28ClN5O2. The standard InChI is InChI=1S/C20H28ClN5O2/c1-11(2)10-26-18(21)15(13(5)24-26)8-9-16(27)22-17(12(3)4)20-23-19(25-28-20)14-6-7-14/h8-9,11-12,14,17H,6-7,10H2,1-5H3,(H,22,27)/b9-8+. The second kappa shape index (κ2) is 8.47. The second-order valence-corrected chi connectivity index (χ2v) is 8.55. The summed E-state index contributed by atoms with van der Waals surface area (Å²) in [6.45, 7) is 10.8. The summed E-state index contributed by atoms with van der Waals surface area (Å²) >= 11 is 6.43. The van der Waals surface area contributed by atoms with E-state index in [0.29, 0.717) is 22.9 Å². The number of rotatable bonds is 8. The Balaban J connectivity index is 1.70. The van der Waals surface area contributed by atoms with Gasteiger partial charge in [0.25, 0.3) is 0 Å². The number of nitrogens with zero attached hydrogens (tertiary/aromatic N) is 4. The van der Waals surface area contributed by atoms with Crippen LogP contribution in [0.4, 0.5) is 0 Å². The van der Waals surface area contributed by atoms with E-state index >= 15 is 0 Å². The van der Waals surface area contributed by atoms with E-state index in [1.807, 2.05) is 20.8 Å². The van der Waals surface area contributed by atoms with Crippen LogP contribution in [-0.4, -0.2) is 25.8 Å². The number of halogens is 1. The van der Waals surface area contributed by atoms with Crippen LogP contribution >= 0.6 is 11.6 Å². The molecule has 7 nitrogen and oxygen atoms in total. The minimum atomic E-state index is -0.336. The summed E-state index contributed by atoms with van der Waals surface area (Å²) in [5.74, 6) is 1.91. The maximum Gasteiger partial charge on any atom is 0.249 e. The van der Waals surface area contributed by atoms with Gasteiger partial charge in [-0.1, -0.05) is 44.5 Å². The van der Waals surface area contributed by atoms with Gasteiger partial charge in [0.1, 0.15) is 11.2 Å². The lowest BCUT2D eigenvalue weighted by Gasteiger charge is -2.17. The van der Waals surface area contributed by atoms with Crippen molar-refractivity contribution in [2.24, 2.45) is 11.8 Å². The first-order valence-corrected chi connectivity index (χ1v) is 10.2. The zero-order chi connectivity index (χ0) is 20.4. The van der Waals surface area contributed by atoms with E-state index in [4.69, 9.17) is 16.1 Å². The molecule has 0 bridgehead atoms. The first-order chi connectivity index (χ1) is 13.3. The Morgan fingerprint density at radius 1 is 1.36 bits per heavy atom. The summed E-state index contributed by atoms with van der Waals surface area (Å²) in [6, 6.07) is -0.336. The molecule has 0 aromatic carbocycles. The Bertz CT molecular complexity index is 864. The maximum atomic E-state index is 12.5. The summed E-state index contributed by atoms with van der Waals surface area (Å²) in [6.07, 6.45) is 5.39. The molecule has 1 aliphatic carbocycles. The molecule has 1 saturated carbocycles. The third-order valence-corrected chi connectivity index (χ3v) is 5.08. The zero-order valence-corrected chi connectivity index (χ0v) is 17.8. The molecule has 1 aliphatic rings. The van der Waals surface area contributed by atoms with Crippen molar-refractivity contribution in [2.75, 3.05) is 0 Å². The highest BCUT2D eigenvalue weighted by Gasteiger charge is 2.31. The van der Waals surface area contributed by atoms with Crippen molar-refractivity contribution in [1.82, 2.24) is 25.2 Å². The molecule has 1 N–H and O–H groups in total. The molecule has 1 fully saturated rings. The minimum Gasteiger partial charge on any atom is -0.340 e. The molecule has 1 unspecified atom stereocenters. The number of nitrogens with one attached hydrogen (secondary N) is 1. The molecular weight excluding hydrogens is 378 g/mol. The average molecular weight is 406 g/mol. The molecule has 0 saturated heterocycles. The fourth-order valence-electron chi connectivity index (χ4n) is 2.98. The highest BCUT2D eigenvalue weighted by Crippen LogP contribution is 2.38. The Morgan fingerprint density at radius 2 is 2.07 bits per heavy atom. The van der Waals surface area contributed by atoms with Crippen molar-refractivity contribution in [3.8, 4) is 0 Å². The van der Waals surface area contributed by atoms with Gasteiger partial charge in [-0.25, -0.2) is 0 Å². The van der Waals surface area contributed by atoms with Gasteiger partial charge >= 0.3 is 0 Å². The van der Waals surface area contributed by atoms with Gasteiger partial charge in [-0.15, -0.1) is 0 Å². The van der Waals surface area contributed by atoms with E-state index in [-0.39, 0.29) is 17.9 Å². The van der Waals surface area contributed by atoms with E-state index in [0.717, 1.165) is 36.5 Å². The number of aromatic nitrogens is 4. The first-order valence-electron chi connectivity index (χ1n) is 9.81. The molecule has 3 rings (SSSR count). The molecule has 28 heavy (non-hydrogen) atoms. The van der Waals surface area contributed by atoms with Gasteiger partial charge in [-0.2, -0.15) is 10.1 Å². The van der Waals surface area contributed by atoms with Gasteiger partial charge in [-0.3, -0.25) is 9.48 Å². The van der Waals surface area contributed by atoms with Gasteiger partial charge in [0.15, 0.2) is 5.82 Å². The SMILES string of the molecule is Cc1nn(CC(C)C)c(Cl)c1/C=C/C(=O)NC(c1nc(C2CC2)no1)C(C)C. The summed E-state index contributed by atoms with van der Waals surface area (Å²) in [5.41, 5.74) is 1.55. The van der Waals surface area contributed by atoms with Gasteiger partial charge < -0.3 is 9.84 Å². The van der Waals surface area contributed by atoms with Crippen LogP contribution in [0.2, 0.25) is 5.15 Å². The number of aryl methyl sites for hydroxylation is 1. The predicted molar refractivity (Wildman–Crippen MR) is 108 cm³/mol. The fraction of sp³-hybridized carbons (Fsp3) is 0.600. The lowest BCUT2D eigenvalue weighted by Crippen LogP contribution is -2.30. The minimum absolute atomic E-state index is 0.115. The number of carbonyl (C=O) groups is 1. The smallest absolute Gasteiger partial charge is 0.249 e. The van der Waals surface area contributed by atoms with E-state index in [9.17, 15) is 4.79 Å². The number of carbonyl (C=O) groups excluding carboxylic acids is 1. The van der Waals surface area contributed by atoms with Gasteiger partial charge in [-0.05, 0) is 37.7 Å². The highest BCUT2D eigenvalue weighted by molar-refractivity contribution is 6.31. The fourth-order valence-corrected chi connectivity index (χ4v) is 3.28. The second-order valence-electron chi connectivity index (χ2n) is 8.19. The van der Waals surface area contributed by atoms with Gasteiger partial charge in [0, 0.05) is 24.1 Å². The Kier molecular flexibility index (Phi) is 6.23. The van der Waals surface area contributed by atoms with Gasteiger partial charge in [0.05, 0.1) is 5.69 Å². The van der Waals surface area contributed by atoms with Crippen molar-refractivity contribution >= 4 is 23.6 Å². The van der Waals surface area contributed by atoms with Crippen molar-refractivity contribution in [2.45, 2.75) is 66.0 Å². The lowest BCUT2D eigenvalue weighted by molar-refractivity contribution is -0.117. The molecule has 2 heterocycles. The lowest BCUT2D eigenvalue weighted by atomic mass is 10.0. The summed E-state index contributed by atoms with van der Waals surface area (Å²) in [7, 11) is 0. The highest BCUT2D eigenvalue weighted by atomic mass is 35.5. The summed E-state index contributed by atoms with van der Waals surface area (Å²) in [5, 5.41) is 12.0. The van der Waals surface area contributed by atoms with Crippen LogP contribution in [0.1, 0.15) is 75.5 Å². The van der Waals surface area contributed by atoms with Crippen LogP contribution in [0.5, 0.6) is 0 Å². The molecule has 2 aromatic rings. The Morgan fingerprint density at radius 3 is 2.68 bits per heavy atom. The van der Waals surface area contributed by atoms with Crippen LogP contribution in [0.15, 0.2) is 10.6 Å². The van der Waals surface area contributed by atoms with Gasteiger partial charge in [0.2, 0.25) is 11.8 Å². The predicted octanol–water partition coefficient (Wildman–Crippen LogP) is 4.29. The third-order valence-electron chi connectivity index (χ3n) is 4.68. The third kappa shape index (κ3) is 4.82. The molecule has 1 atom stereocenters. The van der Waals surface area contributed by atoms with Crippen LogP contribution < -0.4 is 5.32 Å². The van der Waals surface area contributed by atoms with E-state index in [1.165, 1.54) is 6.08 Å². The van der Waals surface area contributed by atoms with Crippen molar-refractivity contribution in [1.29, 1.82) is 0 Å². The largest absolute Gasteiger partial charge is 0.340 e. The molecule has 8 heteroatoms. The van der Waals surface area contributed by atoms with E-state index in [2.05, 4.69) is 34.4 Å². The van der Waals surface area contributed by atoms with Crippen LogP contribution in [-0.2, 0) is 11.3 Å². The van der Waals surface area contributed by atoms with E-state index < -0.39 is 0 Å². The van der Waals surface area contributed by atoms with Crippen molar-refractivity contribution in [3.63, 3.8) is 0 Å². The number of hydrogen-bond acceptors (Lipinski definition) is 5. The molecule has 0 spiro atoms. The van der Waals surface area contributed by atoms with Crippen molar-refractivity contribution in [3.05, 3.63) is 34.2 Å². The van der Waals surface area contributed by atoms with Crippen LogP contribution in [0.3, 0.4) is 0 Å². The normalized spacial score (nSPS) is 15.7. The topological polar surface area (TPSA) is 85.8 Å². The monoisotopic (exact) mass is 405 g/mol. The molecule has 152 valence electrons. The quantitative estimate of drug-likeness (QED) is 0.662. The average Bonchev–Trinajstić information content (AvgIpc) is 3.29. The molecule has 2 aromatic heterocycles. The molecule has 0 radical (unpaired) electrons. The van der Waals surface area contributed by atoms with Crippen molar-refractivity contribution < 1.29 is 9.32 Å². The Hall–Kier alpha value is -2.15. The zero-order valence-electron chi connectivity index (χ0n) is 17.1. The summed E-state index contributed by atoms with van der Waals surface area (Å²) < 4.78 is 7.17. The van der Waals surface area contributed by atoms with Crippen LogP contribution in [0, 0.1) is 18.8 Å². The molecule has 1 amide bonds. The summed E-state index contributed by atoms with van der Waals surface area (Å²) in [4.78, 5) is 17.0.